The number of nitrogens with zero attached hydrogens (tertiary/aromatic N) is 5. The minimum absolute atomic E-state index is 0.119. The zero-order valence-electron chi connectivity index (χ0n) is 19.6. The van der Waals surface area contributed by atoms with Crippen LogP contribution in [-0.2, 0) is 17.8 Å². The third-order valence-corrected chi connectivity index (χ3v) is 6.92. The van der Waals surface area contributed by atoms with Gasteiger partial charge in [-0.25, -0.2) is 0 Å². The number of pyridine rings is 1. The van der Waals surface area contributed by atoms with Gasteiger partial charge in [0.15, 0.2) is 0 Å². The molecular weight excluding hydrogens is 434 g/mol. The summed E-state index contributed by atoms with van der Waals surface area (Å²) in [5.74, 6) is 2.65. The molecule has 0 spiro atoms. The Labute approximate surface area is 198 Å². The number of hydrogen-bond donors (Lipinski definition) is 1. The Morgan fingerprint density at radius 1 is 1.18 bits per heavy atom. The van der Waals surface area contributed by atoms with Crippen LogP contribution >= 0.6 is 0 Å². The number of likely N-dealkylation sites (tertiary alicyclic amines) is 1. The number of ether oxygens (including phenoxy) is 1. The maximum absolute atomic E-state index is 12.9. The Morgan fingerprint density at radius 3 is 2.71 bits per heavy atom. The summed E-state index contributed by atoms with van der Waals surface area (Å²) in [6.45, 7) is 5.60. The largest absolute Gasteiger partial charge is 0.497 e. The number of carboxylic acid groups (broad SMARTS) is 1. The van der Waals surface area contributed by atoms with Crippen molar-refractivity contribution in [3.8, 4) is 5.75 Å². The van der Waals surface area contributed by atoms with Crippen LogP contribution in [0.4, 0.5) is 0 Å². The highest BCUT2D eigenvalue weighted by Gasteiger charge is 2.40. The molecule has 34 heavy (non-hydrogen) atoms. The van der Waals surface area contributed by atoms with E-state index >= 15 is 0 Å². The van der Waals surface area contributed by atoms with Crippen LogP contribution in [0.3, 0.4) is 0 Å². The molecule has 4 heterocycles. The lowest BCUT2D eigenvalue weighted by atomic mass is 9.76. The maximum Gasteiger partial charge on any atom is 0.290 e. The van der Waals surface area contributed by atoms with Gasteiger partial charge in [-0.05, 0) is 49.4 Å². The van der Waals surface area contributed by atoms with Crippen molar-refractivity contribution in [3.63, 3.8) is 0 Å². The van der Waals surface area contributed by atoms with Gasteiger partial charge in [0.05, 0.1) is 7.11 Å². The molecule has 0 saturated carbocycles. The number of hydrogen-bond acceptors (Lipinski definition) is 6. The number of aromatic nitrogens is 4. The van der Waals surface area contributed by atoms with Gasteiger partial charge in [-0.15, -0.1) is 10.2 Å². The zero-order chi connectivity index (χ0) is 24.1. The summed E-state index contributed by atoms with van der Waals surface area (Å²) in [5, 5.41) is 15.0. The van der Waals surface area contributed by atoms with E-state index in [0.29, 0.717) is 11.8 Å². The second-order valence-electron chi connectivity index (χ2n) is 8.91. The molecule has 1 fully saturated rings. The van der Waals surface area contributed by atoms with E-state index in [0.717, 1.165) is 50.6 Å². The Hall–Kier alpha value is -3.46. The number of benzene rings is 1. The average molecular weight is 466 g/mol. The standard InChI is InChI=1S/C24H29N5O2.CH2O2/c1-17-26-25-16-28(17)10-9-27-14-19-13-20(15-27)23(29-22(19)7-4-8-24(29)30)12-18-5-3-6-21(11-18)31-2;2-1-3/h3-8,11,16,19-20,23H,9-10,12-15H2,1-2H3;1H,(H,2,3)/t19-,20+,23+;/m1./s1. The van der Waals surface area contributed by atoms with Crippen LogP contribution in [0.1, 0.15) is 35.5 Å². The van der Waals surface area contributed by atoms with Gasteiger partial charge in [-0.1, -0.05) is 18.2 Å². The van der Waals surface area contributed by atoms with Crippen LogP contribution in [0.25, 0.3) is 0 Å². The normalized spacial score (nSPS) is 21.2. The summed E-state index contributed by atoms with van der Waals surface area (Å²) in [7, 11) is 1.70. The lowest BCUT2D eigenvalue weighted by Crippen LogP contribution is -2.50. The van der Waals surface area contributed by atoms with E-state index in [-0.39, 0.29) is 18.1 Å². The average Bonchev–Trinajstić information content (AvgIpc) is 3.26. The van der Waals surface area contributed by atoms with Gasteiger partial charge in [0, 0.05) is 49.9 Å². The number of carbonyl (C=O) groups is 1. The molecule has 1 saturated heterocycles. The van der Waals surface area contributed by atoms with Crippen LogP contribution in [0.2, 0.25) is 0 Å². The van der Waals surface area contributed by atoms with E-state index in [2.05, 4.69) is 42.4 Å². The second-order valence-corrected chi connectivity index (χ2v) is 8.91. The van der Waals surface area contributed by atoms with Gasteiger partial charge in [0.2, 0.25) is 0 Å². The summed E-state index contributed by atoms with van der Waals surface area (Å²) < 4.78 is 9.61. The van der Waals surface area contributed by atoms with E-state index in [1.54, 1.807) is 19.5 Å². The van der Waals surface area contributed by atoms with Crippen LogP contribution in [0, 0.1) is 12.8 Å². The van der Waals surface area contributed by atoms with Gasteiger partial charge in [0.25, 0.3) is 12.0 Å². The van der Waals surface area contributed by atoms with Crippen LogP contribution in [0.15, 0.2) is 53.6 Å². The molecule has 180 valence electrons. The monoisotopic (exact) mass is 465 g/mol. The molecule has 3 atom stereocenters. The smallest absolute Gasteiger partial charge is 0.290 e. The van der Waals surface area contributed by atoms with Crippen molar-refractivity contribution in [3.05, 3.63) is 76.2 Å². The Morgan fingerprint density at radius 2 is 1.97 bits per heavy atom. The minimum Gasteiger partial charge on any atom is -0.497 e. The molecule has 3 aromatic rings. The fourth-order valence-corrected chi connectivity index (χ4v) is 5.40. The van der Waals surface area contributed by atoms with Crippen molar-refractivity contribution in [1.29, 1.82) is 0 Å². The summed E-state index contributed by atoms with van der Waals surface area (Å²) in [4.78, 5) is 23.8. The van der Waals surface area contributed by atoms with Gasteiger partial charge in [-0.2, -0.15) is 0 Å². The van der Waals surface area contributed by atoms with Crippen molar-refractivity contribution < 1.29 is 14.6 Å². The van der Waals surface area contributed by atoms with E-state index < -0.39 is 0 Å². The van der Waals surface area contributed by atoms with Gasteiger partial charge < -0.3 is 23.9 Å². The summed E-state index contributed by atoms with van der Waals surface area (Å²) in [6, 6.07) is 14.2. The fourth-order valence-electron chi connectivity index (χ4n) is 5.40. The van der Waals surface area contributed by atoms with Crippen molar-refractivity contribution >= 4 is 6.47 Å². The van der Waals surface area contributed by atoms with Crippen molar-refractivity contribution in [1.82, 2.24) is 24.2 Å². The molecule has 1 aromatic carbocycles. The molecule has 2 aliphatic rings. The Bertz CT molecular complexity index is 1170. The lowest BCUT2D eigenvalue weighted by Gasteiger charge is -2.47. The lowest BCUT2D eigenvalue weighted by molar-refractivity contribution is -0.122. The van der Waals surface area contributed by atoms with E-state index in [9.17, 15) is 4.79 Å². The summed E-state index contributed by atoms with van der Waals surface area (Å²) >= 11 is 0. The first-order chi connectivity index (χ1) is 16.5. The van der Waals surface area contributed by atoms with Gasteiger partial charge in [0.1, 0.15) is 17.9 Å². The predicted octanol–water partition coefficient (Wildman–Crippen LogP) is 2.36. The molecular formula is C25H31N5O4. The Kier molecular flexibility index (Phi) is 7.42. The van der Waals surface area contributed by atoms with Gasteiger partial charge >= 0.3 is 0 Å². The highest BCUT2D eigenvalue weighted by atomic mass is 16.5. The first-order valence-electron chi connectivity index (χ1n) is 11.5. The van der Waals surface area contributed by atoms with Crippen molar-refractivity contribution in [2.75, 3.05) is 26.7 Å². The summed E-state index contributed by atoms with van der Waals surface area (Å²) in [5.41, 5.74) is 2.51. The second kappa shape index (κ2) is 10.6. The van der Waals surface area contributed by atoms with Crippen LogP contribution in [0.5, 0.6) is 5.75 Å². The first kappa shape index (κ1) is 23.7. The van der Waals surface area contributed by atoms with Crippen molar-refractivity contribution in [2.24, 2.45) is 5.92 Å². The number of aryl methyl sites for hydroxylation is 1. The number of fused-ring (bicyclic) bond motifs is 4. The molecule has 2 aliphatic heterocycles. The van der Waals surface area contributed by atoms with E-state index in [4.69, 9.17) is 14.6 Å². The van der Waals surface area contributed by atoms with E-state index in [1.165, 1.54) is 11.3 Å². The van der Waals surface area contributed by atoms with Crippen LogP contribution < -0.4 is 10.3 Å². The van der Waals surface area contributed by atoms with Gasteiger partial charge in [-0.3, -0.25) is 9.59 Å². The molecule has 5 rings (SSSR count). The molecule has 0 amide bonds. The third kappa shape index (κ3) is 5.04. The fraction of sp³-hybridized carbons (Fsp3) is 0.440. The summed E-state index contributed by atoms with van der Waals surface area (Å²) in [6.07, 6.45) is 3.78. The molecule has 0 aliphatic carbocycles. The molecule has 9 nitrogen and oxygen atoms in total. The maximum atomic E-state index is 12.9. The van der Waals surface area contributed by atoms with E-state index in [1.807, 2.05) is 25.1 Å². The topological polar surface area (TPSA) is 102 Å². The van der Waals surface area contributed by atoms with Crippen molar-refractivity contribution in [2.45, 2.75) is 38.3 Å². The number of rotatable bonds is 6. The molecule has 0 radical (unpaired) electrons. The zero-order valence-corrected chi connectivity index (χ0v) is 19.6. The third-order valence-electron chi connectivity index (χ3n) is 6.92. The highest BCUT2D eigenvalue weighted by molar-refractivity contribution is 5.32. The molecule has 9 heteroatoms. The highest BCUT2D eigenvalue weighted by Crippen LogP contribution is 2.42. The number of methoxy groups -OCH3 is 1. The molecule has 1 N–H and O–H groups in total. The Balaban J connectivity index is 0.000000868. The molecule has 2 bridgehead atoms. The number of piperidine rings is 1. The minimum atomic E-state index is -0.250. The molecule has 0 unspecified atom stereocenters. The molecule has 2 aromatic heterocycles. The quantitative estimate of drug-likeness (QED) is 0.558. The SMILES string of the molecule is COc1cccc(C[C@H]2[C@H]3C[C@H](CN(CCn4cnnc4C)C3)c3cccc(=O)n32)c1.O=CO. The van der Waals surface area contributed by atoms with Crippen LogP contribution in [-0.4, -0.2) is 62.6 Å². The first-order valence-corrected chi connectivity index (χ1v) is 11.5. The predicted molar refractivity (Wildman–Crippen MR) is 127 cm³/mol.